The average molecular weight is 463 g/mol. The number of nitrogens with zero attached hydrogens (tertiary/aromatic N) is 1. The largest absolute Gasteiger partial charge is 0.493 e. The molecule has 2 N–H and O–H groups in total. The number of halogens is 1. The van der Waals surface area contributed by atoms with Crippen molar-refractivity contribution in [3.05, 3.63) is 89.2 Å². The van der Waals surface area contributed by atoms with Gasteiger partial charge in [0.05, 0.1) is 21.3 Å². The highest BCUT2D eigenvalue weighted by Gasteiger charge is 2.23. The fourth-order valence-corrected chi connectivity index (χ4v) is 3.93. The summed E-state index contributed by atoms with van der Waals surface area (Å²) in [6.07, 6.45) is 3.67. The number of benzene rings is 3. The van der Waals surface area contributed by atoms with Gasteiger partial charge in [0.2, 0.25) is 5.75 Å². The third-order valence-electron chi connectivity index (χ3n) is 5.35. The monoisotopic (exact) mass is 462 g/mol. The van der Waals surface area contributed by atoms with Crippen molar-refractivity contribution in [2.24, 2.45) is 0 Å². The molecule has 0 aliphatic carbocycles. The van der Waals surface area contributed by atoms with E-state index in [1.807, 2.05) is 53.2 Å². The third kappa shape index (κ3) is 4.25. The summed E-state index contributed by atoms with van der Waals surface area (Å²) in [6.45, 7) is 0. The van der Waals surface area contributed by atoms with Crippen LogP contribution in [0.3, 0.4) is 0 Å². The second kappa shape index (κ2) is 9.30. The Morgan fingerprint density at radius 3 is 2.06 bits per heavy atom. The molecule has 168 valence electrons. The van der Waals surface area contributed by atoms with Crippen LogP contribution in [0.15, 0.2) is 73.1 Å². The van der Waals surface area contributed by atoms with Crippen LogP contribution < -0.4 is 19.9 Å². The number of hydrogen-bond acceptors (Lipinski definition) is 5. The van der Waals surface area contributed by atoms with Gasteiger partial charge < -0.3 is 24.5 Å². The first-order valence-electron chi connectivity index (χ1n) is 10.1. The summed E-state index contributed by atoms with van der Waals surface area (Å²) in [4.78, 5) is 13.8. The van der Waals surface area contributed by atoms with Gasteiger partial charge in [-0.1, -0.05) is 29.8 Å². The Morgan fingerprint density at radius 1 is 0.848 bits per heavy atom. The van der Waals surface area contributed by atoms with E-state index in [-0.39, 0.29) is 5.78 Å². The Morgan fingerprint density at radius 2 is 1.48 bits per heavy atom. The van der Waals surface area contributed by atoms with E-state index in [0.717, 1.165) is 11.3 Å². The molecule has 3 aromatic carbocycles. The van der Waals surface area contributed by atoms with Gasteiger partial charge in [0.15, 0.2) is 17.3 Å². The van der Waals surface area contributed by atoms with E-state index in [1.165, 1.54) is 21.3 Å². The van der Waals surface area contributed by atoms with Gasteiger partial charge in [0.1, 0.15) is 0 Å². The van der Waals surface area contributed by atoms with Crippen LogP contribution in [0.2, 0.25) is 5.02 Å². The van der Waals surface area contributed by atoms with Crippen molar-refractivity contribution in [3.63, 3.8) is 0 Å². The van der Waals surface area contributed by atoms with Gasteiger partial charge in [0.25, 0.3) is 0 Å². The van der Waals surface area contributed by atoms with E-state index < -0.39 is 0 Å². The summed E-state index contributed by atoms with van der Waals surface area (Å²) in [6, 6.07) is 18.1. The van der Waals surface area contributed by atoms with Crippen LogP contribution in [0.4, 0.5) is 5.69 Å². The van der Waals surface area contributed by atoms with Crippen LogP contribution in [0.1, 0.15) is 15.9 Å². The normalized spacial score (nSPS) is 10.7. The molecule has 7 heteroatoms. The van der Waals surface area contributed by atoms with Crippen LogP contribution in [0.25, 0.3) is 16.8 Å². The first-order valence-corrected chi connectivity index (χ1v) is 10.5. The lowest BCUT2D eigenvalue weighted by Gasteiger charge is -2.14. The van der Waals surface area contributed by atoms with E-state index in [2.05, 4.69) is 0 Å². The van der Waals surface area contributed by atoms with Gasteiger partial charge in [-0.15, -0.1) is 0 Å². The van der Waals surface area contributed by atoms with Gasteiger partial charge in [-0.2, -0.15) is 0 Å². The SMILES string of the molecule is COc1cc(C(=O)c2cn(-c3ccc(N)cc3)cc2-c2ccccc2Cl)cc(OC)c1OC. The Kier molecular flexibility index (Phi) is 6.29. The standard InChI is InChI=1S/C26H23ClN2O4/c1-31-23-12-16(13-24(32-2)26(23)33-3)25(30)21-15-29(18-10-8-17(28)9-11-18)14-20(21)19-6-4-5-7-22(19)27/h4-15H,28H2,1-3H3. The number of carbonyl (C=O) groups is 1. The highest BCUT2D eigenvalue weighted by Crippen LogP contribution is 2.40. The minimum Gasteiger partial charge on any atom is -0.493 e. The van der Waals surface area contributed by atoms with Gasteiger partial charge in [-0.05, 0) is 42.5 Å². The lowest BCUT2D eigenvalue weighted by atomic mass is 9.97. The molecule has 4 rings (SSSR count). The zero-order chi connectivity index (χ0) is 23.5. The summed E-state index contributed by atoms with van der Waals surface area (Å²) in [7, 11) is 4.54. The molecule has 1 heterocycles. The number of methoxy groups -OCH3 is 3. The van der Waals surface area contributed by atoms with Gasteiger partial charge >= 0.3 is 0 Å². The molecule has 4 aromatic rings. The molecule has 0 spiro atoms. The summed E-state index contributed by atoms with van der Waals surface area (Å²) < 4.78 is 18.1. The van der Waals surface area contributed by atoms with Gasteiger partial charge in [-0.25, -0.2) is 0 Å². The van der Waals surface area contributed by atoms with Crippen LogP contribution in [0.5, 0.6) is 17.2 Å². The molecule has 0 saturated heterocycles. The fraction of sp³-hybridized carbons (Fsp3) is 0.115. The van der Waals surface area contributed by atoms with E-state index >= 15 is 0 Å². The molecule has 6 nitrogen and oxygen atoms in total. The summed E-state index contributed by atoms with van der Waals surface area (Å²) >= 11 is 6.50. The molecule has 0 saturated carbocycles. The van der Waals surface area contributed by atoms with E-state index in [1.54, 1.807) is 24.4 Å². The number of hydrogen-bond donors (Lipinski definition) is 1. The molecule has 0 radical (unpaired) electrons. The molecule has 0 aliphatic rings. The number of nitrogen functional groups attached to an aromatic ring is 1. The minimum absolute atomic E-state index is 0.210. The Hall–Kier alpha value is -3.90. The maximum Gasteiger partial charge on any atom is 0.203 e. The van der Waals surface area contributed by atoms with Crippen molar-refractivity contribution in [3.8, 4) is 34.1 Å². The number of nitrogens with two attached hydrogens (primary N) is 1. The first kappa shape index (κ1) is 22.3. The Balaban J connectivity index is 1.90. The molecule has 1 aromatic heterocycles. The van der Waals surface area contributed by atoms with Gasteiger partial charge in [-0.3, -0.25) is 4.79 Å². The van der Waals surface area contributed by atoms with Crippen molar-refractivity contribution in [2.45, 2.75) is 0 Å². The number of anilines is 1. The van der Waals surface area contributed by atoms with Crippen molar-refractivity contribution in [1.29, 1.82) is 0 Å². The fourth-order valence-electron chi connectivity index (χ4n) is 3.69. The van der Waals surface area contributed by atoms with E-state index in [9.17, 15) is 4.79 Å². The number of aromatic nitrogens is 1. The number of carbonyl (C=O) groups excluding carboxylic acids is 1. The maximum atomic E-state index is 13.8. The topological polar surface area (TPSA) is 75.7 Å². The number of rotatable bonds is 7. The molecule has 0 bridgehead atoms. The zero-order valence-electron chi connectivity index (χ0n) is 18.5. The first-order chi connectivity index (χ1) is 16.0. The molecule has 0 fully saturated rings. The molecule has 0 unspecified atom stereocenters. The smallest absolute Gasteiger partial charge is 0.203 e. The van der Waals surface area contributed by atoms with Crippen molar-refractivity contribution < 1.29 is 19.0 Å². The Labute approximate surface area is 197 Å². The van der Waals surface area contributed by atoms with Gasteiger partial charge in [0, 0.05) is 51.0 Å². The van der Waals surface area contributed by atoms with Crippen LogP contribution in [-0.4, -0.2) is 31.7 Å². The predicted octanol–water partition coefficient (Wildman–Crippen LogP) is 5.64. The third-order valence-corrected chi connectivity index (χ3v) is 5.68. The number of ketones is 1. The minimum atomic E-state index is -0.210. The van der Waals surface area contributed by atoms with Crippen LogP contribution in [0, 0.1) is 0 Å². The lowest BCUT2D eigenvalue weighted by molar-refractivity contribution is 0.103. The molecule has 33 heavy (non-hydrogen) atoms. The van der Waals surface area contributed by atoms with Crippen LogP contribution in [-0.2, 0) is 0 Å². The van der Waals surface area contributed by atoms with Crippen molar-refractivity contribution >= 4 is 23.1 Å². The summed E-state index contributed by atoms with van der Waals surface area (Å²) in [5.74, 6) is 1.01. The zero-order valence-corrected chi connectivity index (χ0v) is 19.2. The van der Waals surface area contributed by atoms with E-state index in [4.69, 9.17) is 31.5 Å². The maximum absolute atomic E-state index is 13.8. The highest BCUT2D eigenvalue weighted by atomic mass is 35.5. The second-order valence-corrected chi connectivity index (χ2v) is 7.71. The highest BCUT2D eigenvalue weighted by molar-refractivity contribution is 6.33. The predicted molar refractivity (Wildman–Crippen MR) is 130 cm³/mol. The van der Waals surface area contributed by atoms with Crippen molar-refractivity contribution in [2.75, 3.05) is 27.1 Å². The molecule has 0 atom stereocenters. The molecule has 0 amide bonds. The number of ether oxygens (including phenoxy) is 3. The summed E-state index contributed by atoms with van der Waals surface area (Å²) in [5, 5.41) is 0.548. The molecular formula is C26H23ClN2O4. The van der Waals surface area contributed by atoms with E-state index in [0.29, 0.717) is 44.6 Å². The average Bonchev–Trinajstić information content (AvgIpc) is 3.28. The Bertz CT molecular complexity index is 1290. The lowest BCUT2D eigenvalue weighted by Crippen LogP contribution is -2.05. The summed E-state index contributed by atoms with van der Waals surface area (Å²) in [5.41, 5.74) is 9.69. The quantitative estimate of drug-likeness (QED) is 0.284. The molecule has 0 aliphatic heterocycles. The van der Waals surface area contributed by atoms with Crippen molar-refractivity contribution in [1.82, 2.24) is 4.57 Å². The second-order valence-electron chi connectivity index (χ2n) is 7.31. The molecular weight excluding hydrogens is 440 g/mol. The van der Waals surface area contributed by atoms with Crippen LogP contribution >= 0.6 is 11.6 Å².